The minimum atomic E-state index is -0.538. The monoisotopic (exact) mass is 267 g/mol. The predicted octanol–water partition coefficient (Wildman–Crippen LogP) is 3.96. The quantitative estimate of drug-likeness (QED) is 0.533. The Hall–Kier alpha value is -2.75. The lowest BCUT2D eigenvalue weighted by atomic mass is 9.97. The van der Waals surface area contributed by atoms with Crippen LogP contribution in [0.25, 0.3) is 22.3 Å². The second-order valence-corrected chi connectivity index (χ2v) is 4.27. The van der Waals surface area contributed by atoms with Gasteiger partial charge in [0.2, 0.25) is 5.95 Å². The van der Waals surface area contributed by atoms with Crippen molar-refractivity contribution in [1.82, 2.24) is 4.98 Å². The number of hydrogen-bond acceptors (Lipinski definition) is 3. The largest absolute Gasteiger partial charge is 0.472 e. The highest BCUT2D eigenvalue weighted by atomic mass is 19.1. The molecule has 1 aromatic carbocycles. The molecule has 0 radical (unpaired) electrons. The van der Waals surface area contributed by atoms with E-state index in [0.29, 0.717) is 22.3 Å². The summed E-state index contributed by atoms with van der Waals surface area (Å²) < 4.78 is 18.8. The van der Waals surface area contributed by atoms with E-state index in [9.17, 15) is 9.18 Å². The number of aromatic nitrogens is 1. The molecule has 0 atom stereocenters. The second kappa shape index (κ2) is 5.09. The van der Waals surface area contributed by atoms with E-state index in [1.165, 1.54) is 12.5 Å². The lowest BCUT2D eigenvalue weighted by Gasteiger charge is -2.07. The van der Waals surface area contributed by atoms with E-state index in [1.54, 1.807) is 42.7 Å². The molecular weight excluding hydrogens is 257 g/mol. The summed E-state index contributed by atoms with van der Waals surface area (Å²) >= 11 is 0. The SMILES string of the molecule is O=Cc1ccc(-c2cccnc2F)cc1-c1ccoc1. The highest BCUT2D eigenvalue weighted by molar-refractivity contribution is 5.89. The molecule has 0 spiro atoms. The Morgan fingerprint density at radius 2 is 2.00 bits per heavy atom. The maximum atomic E-state index is 13.7. The van der Waals surface area contributed by atoms with Gasteiger partial charge in [-0.1, -0.05) is 12.1 Å². The molecule has 3 aromatic rings. The maximum absolute atomic E-state index is 13.7. The fraction of sp³-hybridized carbons (Fsp3) is 0. The zero-order chi connectivity index (χ0) is 13.9. The summed E-state index contributed by atoms with van der Waals surface area (Å²) in [4.78, 5) is 14.8. The highest BCUT2D eigenvalue weighted by Gasteiger charge is 2.11. The number of aldehydes is 1. The second-order valence-electron chi connectivity index (χ2n) is 4.27. The van der Waals surface area contributed by atoms with Gasteiger partial charge >= 0.3 is 0 Å². The van der Waals surface area contributed by atoms with Crippen molar-refractivity contribution in [2.45, 2.75) is 0 Å². The first-order valence-electron chi connectivity index (χ1n) is 6.02. The molecule has 0 unspecified atom stereocenters. The molecule has 0 saturated heterocycles. The Labute approximate surface area is 114 Å². The Morgan fingerprint density at radius 3 is 2.70 bits per heavy atom. The summed E-state index contributed by atoms with van der Waals surface area (Å²) in [5.74, 6) is -0.538. The molecule has 20 heavy (non-hydrogen) atoms. The number of benzene rings is 1. The van der Waals surface area contributed by atoms with Gasteiger partial charge in [0.25, 0.3) is 0 Å². The first kappa shape index (κ1) is 12.3. The molecule has 4 heteroatoms. The average Bonchev–Trinajstić information content (AvgIpc) is 3.01. The molecule has 0 aliphatic heterocycles. The van der Waals surface area contributed by atoms with Gasteiger partial charge in [-0.15, -0.1) is 0 Å². The first-order valence-corrected chi connectivity index (χ1v) is 6.02. The van der Waals surface area contributed by atoms with E-state index >= 15 is 0 Å². The van der Waals surface area contributed by atoms with Crippen LogP contribution in [0.4, 0.5) is 4.39 Å². The number of rotatable bonds is 3. The molecule has 3 rings (SSSR count). The first-order chi connectivity index (χ1) is 9.79. The van der Waals surface area contributed by atoms with Crippen molar-refractivity contribution in [3.63, 3.8) is 0 Å². The smallest absolute Gasteiger partial charge is 0.220 e. The van der Waals surface area contributed by atoms with Crippen molar-refractivity contribution in [3.05, 3.63) is 66.6 Å². The van der Waals surface area contributed by atoms with Gasteiger partial charge in [0.1, 0.15) is 0 Å². The Bertz CT molecular complexity index is 751. The Morgan fingerprint density at radius 1 is 1.10 bits per heavy atom. The molecule has 2 aromatic heterocycles. The third-order valence-corrected chi connectivity index (χ3v) is 3.08. The third kappa shape index (κ3) is 2.12. The van der Waals surface area contributed by atoms with Crippen LogP contribution in [0.5, 0.6) is 0 Å². The van der Waals surface area contributed by atoms with Crippen LogP contribution in [0, 0.1) is 5.95 Å². The maximum Gasteiger partial charge on any atom is 0.220 e. The van der Waals surface area contributed by atoms with E-state index in [-0.39, 0.29) is 0 Å². The van der Waals surface area contributed by atoms with Gasteiger partial charge in [-0.3, -0.25) is 4.79 Å². The Kier molecular flexibility index (Phi) is 3.13. The highest BCUT2D eigenvalue weighted by Crippen LogP contribution is 2.30. The van der Waals surface area contributed by atoms with Crippen molar-refractivity contribution in [3.8, 4) is 22.3 Å². The van der Waals surface area contributed by atoms with Gasteiger partial charge in [-0.2, -0.15) is 4.39 Å². The van der Waals surface area contributed by atoms with Gasteiger partial charge in [-0.25, -0.2) is 4.98 Å². The molecule has 0 aliphatic rings. The Balaban J connectivity index is 2.18. The van der Waals surface area contributed by atoms with Crippen LogP contribution in [0.3, 0.4) is 0 Å². The zero-order valence-corrected chi connectivity index (χ0v) is 10.4. The normalized spacial score (nSPS) is 10.4. The third-order valence-electron chi connectivity index (χ3n) is 3.08. The van der Waals surface area contributed by atoms with Crippen molar-refractivity contribution in [2.24, 2.45) is 0 Å². The molecule has 98 valence electrons. The van der Waals surface area contributed by atoms with Crippen LogP contribution in [0.2, 0.25) is 0 Å². The van der Waals surface area contributed by atoms with Crippen LogP contribution in [-0.2, 0) is 0 Å². The molecule has 3 nitrogen and oxygen atoms in total. The fourth-order valence-corrected chi connectivity index (χ4v) is 2.10. The average molecular weight is 267 g/mol. The van der Waals surface area contributed by atoms with Gasteiger partial charge in [-0.05, 0) is 35.4 Å². The lowest BCUT2D eigenvalue weighted by molar-refractivity contribution is 0.112. The van der Waals surface area contributed by atoms with E-state index in [0.717, 1.165) is 11.8 Å². The summed E-state index contributed by atoms with van der Waals surface area (Å²) in [6.45, 7) is 0. The van der Waals surface area contributed by atoms with Crippen molar-refractivity contribution >= 4 is 6.29 Å². The number of nitrogens with zero attached hydrogens (tertiary/aromatic N) is 1. The molecule has 0 N–H and O–H groups in total. The van der Waals surface area contributed by atoms with E-state index in [1.807, 2.05) is 0 Å². The topological polar surface area (TPSA) is 43.1 Å². The molecule has 0 aliphatic carbocycles. The van der Waals surface area contributed by atoms with Crippen LogP contribution in [0.15, 0.2) is 59.5 Å². The summed E-state index contributed by atoms with van der Waals surface area (Å²) in [7, 11) is 0. The van der Waals surface area contributed by atoms with Crippen molar-refractivity contribution in [1.29, 1.82) is 0 Å². The molecule has 2 heterocycles. The van der Waals surface area contributed by atoms with Crippen LogP contribution < -0.4 is 0 Å². The van der Waals surface area contributed by atoms with Gasteiger partial charge in [0.15, 0.2) is 6.29 Å². The lowest BCUT2D eigenvalue weighted by Crippen LogP contribution is -1.91. The molecule has 0 fully saturated rings. The van der Waals surface area contributed by atoms with E-state index in [4.69, 9.17) is 4.42 Å². The van der Waals surface area contributed by atoms with Gasteiger partial charge in [0.05, 0.1) is 12.5 Å². The van der Waals surface area contributed by atoms with Crippen LogP contribution in [-0.4, -0.2) is 11.3 Å². The standard InChI is InChI=1S/C16H10FNO2/c17-16-14(2-1-6-18-16)11-3-4-12(9-19)15(8-11)13-5-7-20-10-13/h1-10H. The van der Waals surface area contributed by atoms with E-state index < -0.39 is 5.95 Å². The molecule has 0 bridgehead atoms. The molecule has 0 saturated carbocycles. The zero-order valence-electron chi connectivity index (χ0n) is 10.4. The number of carbonyl (C=O) groups excluding carboxylic acids is 1. The van der Waals surface area contributed by atoms with Crippen LogP contribution in [0.1, 0.15) is 10.4 Å². The molecule has 0 amide bonds. The number of halogens is 1. The summed E-state index contributed by atoms with van der Waals surface area (Å²) in [5.41, 5.74) is 3.07. The van der Waals surface area contributed by atoms with Crippen LogP contribution >= 0.6 is 0 Å². The predicted molar refractivity (Wildman–Crippen MR) is 72.7 cm³/mol. The molecular formula is C16H10FNO2. The van der Waals surface area contributed by atoms with Gasteiger partial charge in [0, 0.05) is 22.9 Å². The van der Waals surface area contributed by atoms with E-state index in [2.05, 4.69) is 4.98 Å². The minimum absolute atomic E-state index is 0.398. The van der Waals surface area contributed by atoms with Crippen molar-refractivity contribution in [2.75, 3.05) is 0 Å². The number of hydrogen-bond donors (Lipinski definition) is 0. The summed E-state index contributed by atoms with van der Waals surface area (Å²) in [6, 6.07) is 10.2. The number of pyridine rings is 1. The summed E-state index contributed by atoms with van der Waals surface area (Å²) in [6.07, 6.45) is 5.24. The van der Waals surface area contributed by atoms with Crippen molar-refractivity contribution < 1.29 is 13.6 Å². The van der Waals surface area contributed by atoms with Gasteiger partial charge < -0.3 is 4.42 Å². The number of carbonyl (C=O) groups is 1. The number of furan rings is 1. The minimum Gasteiger partial charge on any atom is -0.472 e. The fourth-order valence-electron chi connectivity index (χ4n) is 2.10. The summed E-state index contributed by atoms with van der Waals surface area (Å²) in [5, 5.41) is 0.